The molecule has 0 aromatic carbocycles. The van der Waals surface area contributed by atoms with Gasteiger partial charge in [-0.3, -0.25) is 0 Å². The third kappa shape index (κ3) is 2.58. The van der Waals surface area contributed by atoms with Crippen molar-refractivity contribution in [3.8, 4) is 5.88 Å². The second kappa shape index (κ2) is 6.15. The van der Waals surface area contributed by atoms with Crippen molar-refractivity contribution in [2.24, 2.45) is 5.92 Å². The summed E-state index contributed by atoms with van der Waals surface area (Å²) in [4.78, 5) is 13.2. The molecule has 1 aliphatic rings. The van der Waals surface area contributed by atoms with Gasteiger partial charge < -0.3 is 14.0 Å². The molecule has 3 rings (SSSR count). The van der Waals surface area contributed by atoms with E-state index in [4.69, 9.17) is 21.1 Å². The quantitative estimate of drug-likeness (QED) is 0.792. The number of ether oxygens (including phenoxy) is 2. The Balaban J connectivity index is 2.11. The maximum Gasteiger partial charge on any atom is 0.245 e. The highest BCUT2D eigenvalue weighted by atomic mass is 35.5. The van der Waals surface area contributed by atoms with E-state index in [0.29, 0.717) is 29.6 Å². The molecule has 0 saturated carbocycles. The van der Waals surface area contributed by atoms with E-state index in [1.807, 2.05) is 0 Å². The molecular weight excluding hydrogens is 292 g/mol. The van der Waals surface area contributed by atoms with Crippen molar-refractivity contribution in [1.82, 2.24) is 19.5 Å². The van der Waals surface area contributed by atoms with Gasteiger partial charge in [0.2, 0.25) is 5.88 Å². The average Bonchev–Trinajstić information content (AvgIpc) is 3.14. The van der Waals surface area contributed by atoms with Crippen LogP contribution in [0.3, 0.4) is 0 Å². The van der Waals surface area contributed by atoms with Gasteiger partial charge in [0.25, 0.3) is 0 Å². The summed E-state index contributed by atoms with van der Waals surface area (Å²) in [5.74, 6) is 2.42. The van der Waals surface area contributed by atoms with Crippen LogP contribution in [0.2, 0.25) is 0 Å². The van der Waals surface area contributed by atoms with E-state index in [9.17, 15) is 0 Å². The number of aromatic nitrogens is 4. The van der Waals surface area contributed by atoms with Crippen LogP contribution >= 0.6 is 11.6 Å². The summed E-state index contributed by atoms with van der Waals surface area (Å²) in [6, 6.07) is 0.260. The number of rotatable bonds is 5. The molecule has 21 heavy (non-hydrogen) atoms. The van der Waals surface area contributed by atoms with Crippen molar-refractivity contribution in [2.75, 3.05) is 26.2 Å². The first-order chi connectivity index (χ1) is 10.3. The smallest absolute Gasteiger partial charge is 0.245 e. The van der Waals surface area contributed by atoms with E-state index < -0.39 is 0 Å². The predicted molar refractivity (Wildman–Crippen MR) is 79.9 cm³/mol. The van der Waals surface area contributed by atoms with Gasteiger partial charge in [-0.05, 0) is 13.3 Å². The molecule has 1 aliphatic heterocycles. The Hall–Kier alpha value is -1.40. The molecule has 0 N–H and O–H groups in total. The number of nitrogens with zero attached hydrogens (tertiary/aromatic N) is 4. The summed E-state index contributed by atoms with van der Waals surface area (Å²) in [5, 5.41) is 0. The monoisotopic (exact) mass is 310 g/mol. The largest absolute Gasteiger partial charge is 0.479 e. The minimum absolute atomic E-state index is 0.260. The lowest BCUT2D eigenvalue weighted by atomic mass is 10.0. The lowest BCUT2D eigenvalue weighted by Crippen LogP contribution is -2.19. The third-order valence-corrected chi connectivity index (χ3v) is 4.27. The first kappa shape index (κ1) is 14.5. The van der Waals surface area contributed by atoms with Gasteiger partial charge in [-0.25, -0.2) is 9.97 Å². The molecule has 2 unspecified atom stereocenters. The van der Waals surface area contributed by atoms with Crippen LogP contribution in [-0.4, -0.2) is 45.7 Å². The fourth-order valence-corrected chi connectivity index (χ4v) is 3.08. The highest BCUT2D eigenvalue weighted by Crippen LogP contribution is 2.32. The summed E-state index contributed by atoms with van der Waals surface area (Å²) in [6.07, 6.45) is 3.27. The molecule has 2 aromatic heterocycles. The molecule has 1 fully saturated rings. The average molecular weight is 311 g/mol. The fourth-order valence-electron chi connectivity index (χ4n) is 2.92. The number of hydrogen-bond donors (Lipinski definition) is 0. The third-order valence-electron chi connectivity index (χ3n) is 4.08. The van der Waals surface area contributed by atoms with Crippen LogP contribution in [0.4, 0.5) is 0 Å². The molecule has 114 valence electrons. The van der Waals surface area contributed by atoms with Gasteiger partial charge in [0.05, 0.1) is 13.7 Å². The topological polar surface area (TPSA) is 62.1 Å². The minimum atomic E-state index is 0.260. The Morgan fingerprint density at radius 1 is 1.52 bits per heavy atom. The Labute approximate surface area is 128 Å². The summed E-state index contributed by atoms with van der Waals surface area (Å²) >= 11 is 5.93. The molecule has 7 heteroatoms. The Morgan fingerprint density at radius 3 is 3.05 bits per heavy atom. The van der Waals surface area contributed by atoms with Gasteiger partial charge in [0.1, 0.15) is 12.2 Å². The maximum atomic E-state index is 5.93. The molecule has 0 radical (unpaired) electrons. The molecule has 3 heterocycles. The predicted octanol–water partition coefficient (Wildman–Crippen LogP) is 2.21. The van der Waals surface area contributed by atoms with E-state index in [0.717, 1.165) is 31.1 Å². The fraction of sp³-hybridized carbons (Fsp3) is 0.643. The molecule has 1 saturated heterocycles. The lowest BCUT2D eigenvalue weighted by molar-refractivity contribution is 0.175. The highest BCUT2D eigenvalue weighted by molar-refractivity contribution is 6.17. The zero-order valence-corrected chi connectivity index (χ0v) is 13.0. The first-order valence-corrected chi connectivity index (χ1v) is 7.69. The van der Waals surface area contributed by atoms with Gasteiger partial charge in [-0.15, -0.1) is 11.6 Å². The highest BCUT2D eigenvalue weighted by Gasteiger charge is 2.28. The zero-order chi connectivity index (χ0) is 14.8. The number of methoxy groups -OCH3 is 1. The summed E-state index contributed by atoms with van der Waals surface area (Å²) in [6.45, 7) is 3.79. The minimum Gasteiger partial charge on any atom is -0.479 e. The van der Waals surface area contributed by atoms with Gasteiger partial charge in [-0.2, -0.15) is 4.98 Å². The van der Waals surface area contributed by atoms with E-state index in [-0.39, 0.29) is 6.04 Å². The normalized spacial score (nSPS) is 20.0. The van der Waals surface area contributed by atoms with E-state index in [1.54, 1.807) is 7.11 Å². The second-order valence-corrected chi connectivity index (χ2v) is 5.63. The Bertz CT molecular complexity index is 625. The van der Waals surface area contributed by atoms with Crippen LogP contribution in [-0.2, 0) is 11.2 Å². The van der Waals surface area contributed by atoms with Gasteiger partial charge in [-0.1, -0.05) is 0 Å². The number of alkyl halides is 1. The summed E-state index contributed by atoms with van der Waals surface area (Å²) in [7, 11) is 1.59. The van der Waals surface area contributed by atoms with Crippen LogP contribution < -0.4 is 4.74 Å². The molecule has 0 aliphatic carbocycles. The van der Waals surface area contributed by atoms with Gasteiger partial charge in [0.15, 0.2) is 11.2 Å². The van der Waals surface area contributed by atoms with E-state index in [1.165, 1.54) is 6.33 Å². The summed E-state index contributed by atoms with van der Waals surface area (Å²) in [5.41, 5.74) is 1.51. The standard InChI is InChI=1S/C14H19ClN4O2/c1-9(10-4-6-21-7-10)19-11(3-5-15)18-12-13(19)16-8-17-14(12)20-2/h8-10H,3-7H2,1-2H3. The molecule has 2 atom stereocenters. The molecule has 0 amide bonds. The van der Waals surface area contributed by atoms with Crippen LogP contribution in [0.15, 0.2) is 6.33 Å². The van der Waals surface area contributed by atoms with Crippen molar-refractivity contribution in [3.63, 3.8) is 0 Å². The Kier molecular flexibility index (Phi) is 4.26. The first-order valence-electron chi connectivity index (χ1n) is 7.15. The maximum absolute atomic E-state index is 5.93. The van der Waals surface area contributed by atoms with Crippen LogP contribution in [0.25, 0.3) is 11.2 Å². The number of imidazole rings is 1. The second-order valence-electron chi connectivity index (χ2n) is 5.26. The SMILES string of the molecule is COc1ncnc2c1nc(CCCl)n2C(C)C1CCOC1. The Morgan fingerprint density at radius 2 is 2.38 bits per heavy atom. The molecule has 0 spiro atoms. The van der Waals surface area contributed by atoms with Crippen LogP contribution in [0.1, 0.15) is 25.2 Å². The molecular formula is C14H19ClN4O2. The van der Waals surface area contributed by atoms with Gasteiger partial charge in [0, 0.05) is 30.9 Å². The van der Waals surface area contributed by atoms with E-state index >= 15 is 0 Å². The van der Waals surface area contributed by atoms with Gasteiger partial charge >= 0.3 is 0 Å². The zero-order valence-electron chi connectivity index (χ0n) is 12.3. The molecule has 0 bridgehead atoms. The number of aryl methyl sites for hydroxylation is 1. The van der Waals surface area contributed by atoms with Crippen molar-refractivity contribution in [1.29, 1.82) is 0 Å². The number of halogens is 1. The number of hydrogen-bond acceptors (Lipinski definition) is 5. The molecule has 6 nitrogen and oxygen atoms in total. The van der Waals surface area contributed by atoms with Crippen LogP contribution in [0, 0.1) is 5.92 Å². The molecule has 2 aromatic rings. The van der Waals surface area contributed by atoms with Crippen molar-refractivity contribution in [2.45, 2.75) is 25.8 Å². The van der Waals surface area contributed by atoms with Crippen LogP contribution in [0.5, 0.6) is 5.88 Å². The van der Waals surface area contributed by atoms with Crippen molar-refractivity contribution in [3.05, 3.63) is 12.2 Å². The lowest BCUT2D eigenvalue weighted by Gasteiger charge is -2.21. The number of fused-ring (bicyclic) bond motifs is 1. The van der Waals surface area contributed by atoms with E-state index in [2.05, 4.69) is 26.4 Å². The summed E-state index contributed by atoms with van der Waals surface area (Å²) < 4.78 is 13.0. The van der Waals surface area contributed by atoms with Crippen molar-refractivity contribution < 1.29 is 9.47 Å². The van der Waals surface area contributed by atoms with Crippen molar-refractivity contribution >= 4 is 22.8 Å².